The average Bonchev–Trinajstić information content (AvgIpc) is 2.80. The van der Waals surface area contributed by atoms with Crippen molar-refractivity contribution in [1.82, 2.24) is 10.2 Å². The van der Waals surface area contributed by atoms with E-state index in [-0.39, 0.29) is 67.2 Å². The van der Waals surface area contributed by atoms with E-state index in [1.54, 1.807) is 0 Å². The van der Waals surface area contributed by atoms with E-state index in [0.29, 0.717) is 29.6 Å². The Labute approximate surface area is 215 Å². The zero-order valence-corrected chi connectivity index (χ0v) is 22.2. The van der Waals surface area contributed by atoms with E-state index >= 15 is 0 Å². The van der Waals surface area contributed by atoms with Gasteiger partial charge in [0.05, 0.1) is 6.10 Å². The summed E-state index contributed by atoms with van der Waals surface area (Å²) in [5, 5.41) is 14.0. The van der Waals surface area contributed by atoms with Gasteiger partial charge in [0.15, 0.2) is 0 Å². The molecule has 1 saturated heterocycles. The number of piperidine rings is 1. The SMILES string of the molecule is CCC12CC3CC(C1)C(NC(=O)CN1C(=O)CC(C[C@@H](O)C4C[C@@H](C)C[C@H](C)C4=O)CC1=O)C(C3)C2. The standard InChI is InChI=1S/C29H44N2O5/c1-4-29-12-19-7-20(13-29)27(21(8-19)14-29)30-24(33)15-31-25(34)10-18(11-26(31)35)9-23(32)22-6-16(2)5-17(3)28(22)36/h16-23,27,32H,4-15H2,1-3H3,(H,30,33)/t16-,17-,19?,20?,21?,22?,23+,27?,29?/m0/s1. The lowest BCUT2D eigenvalue weighted by molar-refractivity contribution is -0.154. The van der Waals surface area contributed by atoms with Crippen molar-refractivity contribution in [2.24, 2.45) is 46.8 Å². The Balaban J connectivity index is 1.13. The Morgan fingerprint density at radius 3 is 2.28 bits per heavy atom. The molecule has 7 heteroatoms. The van der Waals surface area contributed by atoms with Crippen molar-refractivity contribution >= 4 is 23.5 Å². The average molecular weight is 501 g/mol. The number of aliphatic hydroxyl groups is 1. The van der Waals surface area contributed by atoms with Gasteiger partial charge in [0.25, 0.3) is 0 Å². The first-order valence-electron chi connectivity index (χ1n) is 14.4. The Bertz CT molecular complexity index is 883. The molecule has 1 heterocycles. The number of carbonyl (C=O) groups is 4. The maximum atomic E-state index is 13.0. The molecule has 5 aliphatic carbocycles. The molecule has 1 aliphatic heterocycles. The highest BCUT2D eigenvalue weighted by Gasteiger charge is 2.54. The maximum Gasteiger partial charge on any atom is 0.240 e. The first kappa shape index (κ1) is 25.9. The summed E-state index contributed by atoms with van der Waals surface area (Å²) < 4.78 is 0. The van der Waals surface area contributed by atoms with Crippen molar-refractivity contribution in [2.75, 3.05) is 6.54 Å². The van der Waals surface area contributed by atoms with E-state index in [4.69, 9.17) is 0 Å². The lowest BCUT2D eigenvalue weighted by Crippen LogP contribution is -2.60. The largest absolute Gasteiger partial charge is 0.392 e. The van der Waals surface area contributed by atoms with Crippen LogP contribution in [0.1, 0.15) is 91.4 Å². The van der Waals surface area contributed by atoms with Gasteiger partial charge in [-0.05, 0) is 86.4 Å². The molecule has 6 fully saturated rings. The minimum atomic E-state index is -0.827. The van der Waals surface area contributed by atoms with Gasteiger partial charge in [-0.1, -0.05) is 27.2 Å². The molecule has 200 valence electrons. The van der Waals surface area contributed by atoms with Crippen LogP contribution in [0.5, 0.6) is 0 Å². The normalized spacial score (nSPS) is 41.6. The molecular formula is C29H44N2O5. The molecule has 0 aromatic heterocycles. The molecule has 3 unspecified atom stereocenters. The number of ketones is 1. The fourth-order valence-corrected chi connectivity index (χ4v) is 9.09. The third-order valence-electron chi connectivity index (χ3n) is 10.6. The number of amides is 3. The van der Waals surface area contributed by atoms with Gasteiger partial charge in [0, 0.05) is 30.7 Å². The number of hydrogen-bond donors (Lipinski definition) is 2. The molecule has 2 N–H and O–H groups in total. The number of likely N-dealkylation sites (tertiary alicyclic amines) is 1. The second-order valence-electron chi connectivity index (χ2n) is 13.4. The monoisotopic (exact) mass is 500 g/mol. The predicted molar refractivity (Wildman–Crippen MR) is 134 cm³/mol. The van der Waals surface area contributed by atoms with Crippen LogP contribution < -0.4 is 5.32 Å². The summed E-state index contributed by atoms with van der Waals surface area (Å²) in [4.78, 5) is 52.4. The fraction of sp³-hybridized carbons (Fsp3) is 0.862. The molecule has 6 rings (SSSR count). The molecular weight excluding hydrogens is 456 g/mol. The number of hydrogen-bond acceptors (Lipinski definition) is 5. The zero-order chi connectivity index (χ0) is 25.8. The molecule has 0 radical (unpaired) electrons. The third-order valence-corrected chi connectivity index (χ3v) is 10.6. The topological polar surface area (TPSA) is 104 Å². The van der Waals surface area contributed by atoms with E-state index in [9.17, 15) is 24.3 Å². The van der Waals surface area contributed by atoms with Gasteiger partial charge in [0.1, 0.15) is 12.3 Å². The number of rotatable bonds is 7. The van der Waals surface area contributed by atoms with Crippen molar-refractivity contribution < 1.29 is 24.3 Å². The number of nitrogens with one attached hydrogen (secondary N) is 1. The summed E-state index contributed by atoms with van der Waals surface area (Å²) in [6, 6.07) is 0.171. The lowest BCUT2D eigenvalue weighted by atomic mass is 9.47. The summed E-state index contributed by atoms with van der Waals surface area (Å²) in [5.41, 5.74) is 0.467. The maximum absolute atomic E-state index is 13.0. The number of carbonyl (C=O) groups excluding carboxylic acids is 4. The van der Waals surface area contributed by atoms with Crippen LogP contribution in [0.3, 0.4) is 0 Å². The first-order chi connectivity index (χ1) is 17.1. The quantitative estimate of drug-likeness (QED) is 0.521. The summed E-state index contributed by atoms with van der Waals surface area (Å²) in [6.07, 6.45) is 8.55. The molecule has 6 aliphatic rings. The minimum Gasteiger partial charge on any atom is -0.392 e. The van der Waals surface area contributed by atoms with Crippen molar-refractivity contribution in [1.29, 1.82) is 0 Å². The molecule has 4 bridgehead atoms. The Hall–Kier alpha value is -1.76. The molecule has 5 saturated carbocycles. The molecule has 0 aromatic rings. The zero-order valence-electron chi connectivity index (χ0n) is 22.2. The van der Waals surface area contributed by atoms with E-state index in [1.165, 1.54) is 38.5 Å². The molecule has 36 heavy (non-hydrogen) atoms. The van der Waals surface area contributed by atoms with Crippen LogP contribution in [0, 0.1) is 46.8 Å². The lowest BCUT2D eigenvalue weighted by Gasteiger charge is -2.60. The number of aliphatic hydroxyl groups excluding tert-OH is 1. The molecule has 7 nitrogen and oxygen atoms in total. The highest BCUT2D eigenvalue weighted by atomic mass is 16.3. The molecule has 6 atom stereocenters. The van der Waals surface area contributed by atoms with Gasteiger partial charge in [-0.25, -0.2) is 0 Å². The summed E-state index contributed by atoms with van der Waals surface area (Å²) in [5.74, 6) is 0.649. The summed E-state index contributed by atoms with van der Waals surface area (Å²) >= 11 is 0. The highest BCUT2D eigenvalue weighted by molar-refractivity contribution is 6.01. The molecule has 0 aromatic carbocycles. The van der Waals surface area contributed by atoms with Crippen LogP contribution in [0.15, 0.2) is 0 Å². The van der Waals surface area contributed by atoms with E-state index in [2.05, 4.69) is 19.2 Å². The Morgan fingerprint density at radius 2 is 1.67 bits per heavy atom. The summed E-state index contributed by atoms with van der Waals surface area (Å²) in [6.45, 7) is 6.11. The van der Waals surface area contributed by atoms with Gasteiger partial charge < -0.3 is 10.4 Å². The van der Waals surface area contributed by atoms with Gasteiger partial charge in [-0.3, -0.25) is 24.1 Å². The van der Waals surface area contributed by atoms with Crippen LogP contribution >= 0.6 is 0 Å². The second kappa shape index (κ2) is 9.85. The van der Waals surface area contributed by atoms with Gasteiger partial charge in [-0.15, -0.1) is 0 Å². The van der Waals surface area contributed by atoms with E-state index in [0.717, 1.165) is 17.2 Å². The summed E-state index contributed by atoms with van der Waals surface area (Å²) in [7, 11) is 0. The van der Waals surface area contributed by atoms with Crippen molar-refractivity contribution in [3.63, 3.8) is 0 Å². The van der Waals surface area contributed by atoms with Crippen LogP contribution in [0.25, 0.3) is 0 Å². The van der Waals surface area contributed by atoms with E-state index in [1.807, 2.05) is 6.92 Å². The second-order valence-corrected chi connectivity index (χ2v) is 13.4. The van der Waals surface area contributed by atoms with Gasteiger partial charge in [-0.2, -0.15) is 0 Å². The number of nitrogens with zero attached hydrogens (tertiary/aromatic N) is 1. The Kier molecular flexibility index (Phi) is 7.08. The van der Waals surface area contributed by atoms with Crippen LogP contribution in [0.2, 0.25) is 0 Å². The van der Waals surface area contributed by atoms with Gasteiger partial charge in [0.2, 0.25) is 17.7 Å². The Morgan fingerprint density at radius 1 is 1.03 bits per heavy atom. The molecule has 3 amide bonds. The van der Waals surface area contributed by atoms with Crippen molar-refractivity contribution in [3.8, 4) is 0 Å². The van der Waals surface area contributed by atoms with Gasteiger partial charge >= 0.3 is 0 Å². The predicted octanol–water partition coefficient (Wildman–Crippen LogP) is 3.48. The highest BCUT2D eigenvalue weighted by Crippen LogP contribution is 2.61. The fourth-order valence-electron chi connectivity index (χ4n) is 9.09. The van der Waals surface area contributed by atoms with E-state index < -0.39 is 12.0 Å². The number of imide groups is 1. The van der Waals surface area contributed by atoms with Crippen LogP contribution in [-0.2, 0) is 19.2 Å². The van der Waals surface area contributed by atoms with Crippen molar-refractivity contribution in [2.45, 2.75) is 104 Å². The molecule has 0 spiro atoms. The smallest absolute Gasteiger partial charge is 0.240 e. The first-order valence-corrected chi connectivity index (χ1v) is 14.4. The minimum absolute atomic E-state index is 0.0565. The van der Waals surface area contributed by atoms with Crippen LogP contribution in [-0.4, -0.2) is 52.2 Å². The third kappa shape index (κ3) is 4.89. The number of Topliss-reactive ketones (excluding diaryl/α,β-unsaturated/α-hetero) is 1. The van der Waals surface area contributed by atoms with Crippen LogP contribution in [0.4, 0.5) is 0 Å². The van der Waals surface area contributed by atoms with Crippen molar-refractivity contribution in [3.05, 3.63) is 0 Å².